The zero-order valence-electron chi connectivity index (χ0n) is 14.9. The minimum Gasteiger partial charge on any atom is -0.473 e. The summed E-state index contributed by atoms with van der Waals surface area (Å²) in [5, 5.41) is 14.8. The lowest BCUT2D eigenvalue weighted by Crippen LogP contribution is -2.50. The SMILES string of the molecule is COC(=O)C[C@H]1CN(C(=O)OC(C)(C)C)CC[C@H]1N.O=C(O)C(=O)O. The highest BCUT2D eigenvalue weighted by Gasteiger charge is 2.33. The average molecular weight is 362 g/mol. The number of nitrogens with two attached hydrogens (primary N) is 1. The van der Waals surface area contributed by atoms with Crippen LogP contribution in [0.5, 0.6) is 0 Å². The molecule has 25 heavy (non-hydrogen) atoms. The molecule has 1 rings (SSSR count). The number of carboxylic acid groups (broad SMARTS) is 2. The molecule has 1 saturated heterocycles. The summed E-state index contributed by atoms with van der Waals surface area (Å²) < 4.78 is 9.97. The molecule has 1 amide bonds. The van der Waals surface area contributed by atoms with Crippen LogP contribution in [-0.4, -0.2) is 71.0 Å². The van der Waals surface area contributed by atoms with Crippen molar-refractivity contribution in [1.82, 2.24) is 4.90 Å². The van der Waals surface area contributed by atoms with Crippen LogP contribution in [0.2, 0.25) is 0 Å². The van der Waals surface area contributed by atoms with Crippen LogP contribution >= 0.6 is 0 Å². The van der Waals surface area contributed by atoms with Crippen LogP contribution in [0.4, 0.5) is 4.79 Å². The molecule has 1 aliphatic rings. The number of hydrogen-bond donors (Lipinski definition) is 3. The second kappa shape index (κ2) is 9.82. The van der Waals surface area contributed by atoms with Gasteiger partial charge in [-0.3, -0.25) is 4.79 Å². The van der Waals surface area contributed by atoms with E-state index in [1.54, 1.807) is 4.90 Å². The van der Waals surface area contributed by atoms with Gasteiger partial charge in [0, 0.05) is 25.0 Å². The van der Waals surface area contributed by atoms with Crippen LogP contribution in [0.15, 0.2) is 0 Å². The number of esters is 1. The summed E-state index contributed by atoms with van der Waals surface area (Å²) in [6.07, 6.45) is 0.548. The van der Waals surface area contributed by atoms with Crippen LogP contribution < -0.4 is 5.73 Å². The monoisotopic (exact) mass is 362 g/mol. The van der Waals surface area contributed by atoms with Crippen molar-refractivity contribution in [3.05, 3.63) is 0 Å². The maximum Gasteiger partial charge on any atom is 0.414 e. The Morgan fingerprint density at radius 3 is 2.08 bits per heavy atom. The number of nitrogens with zero attached hydrogens (tertiary/aromatic N) is 1. The van der Waals surface area contributed by atoms with Crippen molar-refractivity contribution in [2.24, 2.45) is 11.7 Å². The molecule has 0 saturated carbocycles. The van der Waals surface area contributed by atoms with E-state index in [1.807, 2.05) is 20.8 Å². The summed E-state index contributed by atoms with van der Waals surface area (Å²) in [6.45, 7) is 6.48. The Hall–Kier alpha value is -2.36. The van der Waals surface area contributed by atoms with Gasteiger partial charge in [-0.25, -0.2) is 14.4 Å². The van der Waals surface area contributed by atoms with Gasteiger partial charge in [0.2, 0.25) is 0 Å². The number of piperidine rings is 1. The van der Waals surface area contributed by atoms with Gasteiger partial charge in [-0.15, -0.1) is 0 Å². The molecular weight excluding hydrogens is 336 g/mol. The number of ether oxygens (including phenoxy) is 2. The van der Waals surface area contributed by atoms with E-state index in [4.69, 9.17) is 30.3 Å². The normalized spacial score (nSPS) is 20.0. The van der Waals surface area contributed by atoms with Crippen LogP contribution in [0.1, 0.15) is 33.6 Å². The molecular formula is C15H26N2O8. The summed E-state index contributed by atoms with van der Waals surface area (Å²) in [5.74, 6) is -4.02. The second-order valence-electron chi connectivity index (χ2n) is 6.53. The Kier molecular flexibility index (Phi) is 8.89. The Labute approximate surface area is 145 Å². The zero-order valence-corrected chi connectivity index (χ0v) is 14.9. The highest BCUT2D eigenvalue weighted by atomic mass is 16.6. The van der Waals surface area contributed by atoms with Gasteiger partial charge in [-0.2, -0.15) is 0 Å². The van der Waals surface area contributed by atoms with Gasteiger partial charge in [0.05, 0.1) is 13.5 Å². The largest absolute Gasteiger partial charge is 0.473 e. The van der Waals surface area contributed by atoms with E-state index in [9.17, 15) is 9.59 Å². The van der Waals surface area contributed by atoms with E-state index in [-0.39, 0.29) is 30.4 Å². The molecule has 0 bridgehead atoms. The van der Waals surface area contributed by atoms with E-state index in [1.165, 1.54) is 7.11 Å². The summed E-state index contributed by atoms with van der Waals surface area (Å²) in [4.78, 5) is 43.1. The molecule has 1 aliphatic heterocycles. The first kappa shape index (κ1) is 22.6. The summed E-state index contributed by atoms with van der Waals surface area (Å²) in [5.41, 5.74) is 5.47. The molecule has 0 spiro atoms. The molecule has 0 aromatic heterocycles. The topological polar surface area (TPSA) is 156 Å². The molecule has 4 N–H and O–H groups in total. The fourth-order valence-electron chi connectivity index (χ4n) is 2.06. The lowest BCUT2D eigenvalue weighted by Gasteiger charge is -2.37. The molecule has 1 heterocycles. The van der Waals surface area contributed by atoms with E-state index in [0.717, 1.165) is 0 Å². The molecule has 144 valence electrons. The molecule has 10 heteroatoms. The Morgan fingerprint density at radius 2 is 1.68 bits per heavy atom. The van der Waals surface area contributed by atoms with Crippen molar-refractivity contribution in [3.63, 3.8) is 0 Å². The number of methoxy groups -OCH3 is 1. The van der Waals surface area contributed by atoms with E-state index >= 15 is 0 Å². The molecule has 0 aromatic carbocycles. The third-order valence-corrected chi connectivity index (χ3v) is 3.28. The van der Waals surface area contributed by atoms with Crippen LogP contribution in [-0.2, 0) is 23.9 Å². The van der Waals surface area contributed by atoms with Crippen molar-refractivity contribution in [2.75, 3.05) is 20.2 Å². The van der Waals surface area contributed by atoms with Gasteiger partial charge >= 0.3 is 24.0 Å². The number of carboxylic acids is 2. The number of aliphatic carboxylic acids is 2. The average Bonchev–Trinajstić information content (AvgIpc) is 2.48. The smallest absolute Gasteiger partial charge is 0.414 e. The van der Waals surface area contributed by atoms with Crippen molar-refractivity contribution >= 4 is 24.0 Å². The van der Waals surface area contributed by atoms with Crippen LogP contribution in [0.3, 0.4) is 0 Å². The molecule has 1 fully saturated rings. The standard InChI is InChI=1S/C13H24N2O4.C2H2O4/c1-13(2,3)19-12(17)15-6-5-10(14)9(8-15)7-11(16)18-4;3-1(4)2(5)6/h9-10H,5-8,14H2,1-4H3;(H,3,4)(H,5,6)/t9-,10+;/m0./s1. The maximum atomic E-state index is 12.0. The first-order valence-electron chi connectivity index (χ1n) is 7.64. The molecule has 0 aliphatic carbocycles. The number of likely N-dealkylation sites (tertiary alicyclic amines) is 1. The predicted octanol–water partition coefficient (Wildman–Crippen LogP) is 0.289. The van der Waals surface area contributed by atoms with Crippen molar-refractivity contribution < 1.29 is 38.9 Å². The highest BCUT2D eigenvalue weighted by Crippen LogP contribution is 2.21. The fourth-order valence-corrected chi connectivity index (χ4v) is 2.06. The van der Waals surface area contributed by atoms with E-state index in [0.29, 0.717) is 19.5 Å². The first-order valence-corrected chi connectivity index (χ1v) is 7.64. The number of carbonyl (C=O) groups excluding carboxylic acids is 2. The number of carbonyl (C=O) groups is 4. The number of amides is 1. The number of rotatable bonds is 2. The van der Waals surface area contributed by atoms with Crippen molar-refractivity contribution in [1.29, 1.82) is 0 Å². The Morgan fingerprint density at radius 1 is 1.16 bits per heavy atom. The lowest BCUT2D eigenvalue weighted by atomic mass is 9.90. The zero-order chi connectivity index (χ0) is 19.8. The maximum absolute atomic E-state index is 12.0. The van der Waals surface area contributed by atoms with Gasteiger partial charge in [0.25, 0.3) is 0 Å². The molecule has 0 aromatic rings. The molecule has 2 atom stereocenters. The molecule has 10 nitrogen and oxygen atoms in total. The minimum absolute atomic E-state index is 0.0753. The fraction of sp³-hybridized carbons (Fsp3) is 0.733. The van der Waals surface area contributed by atoms with Crippen LogP contribution in [0.25, 0.3) is 0 Å². The highest BCUT2D eigenvalue weighted by molar-refractivity contribution is 6.27. The molecule has 0 unspecified atom stereocenters. The van der Waals surface area contributed by atoms with E-state index < -0.39 is 17.5 Å². The molecule has 0 radical (unpaired) electrons. The second-order valence-corrected chi connectivity index (χ2v) is 6.53. The summed E-state index contributed by atoms with van der Waals surface area (Å²) in [6, 6.07) is -0.0854. The van der Waals surface area contributed by atoms with Crippen molar-refractivity contribution in [3.8, 4) is 0 Å². The van der Waals surface area contributed by atoms with E-state index in [2.05, 4.69) is 4.74 Å². The third-order valence-electron chi connectivity index (χ3n) is 3.28. The Bertz CT molecular complexity index is 488. The first-order chi connectivity index (χ1) is 11.4. The van der Waals surface area contributed by atoms with Gasteiger partial charge in [-0.1, -0.05) is 0 Å². The van der Waals surface area contributed by atoms with Gasteiger partial charge < -0.3 is 30.3 Å². The quantitative estimate of drug-likeness (QED) is 0.464. The van der Waals surface area contributed by atoms with Crippen LogP contribution in [0, 0.1) is 5.92 Å². The summed E-state index contributed by atoms with van der Waals surface area (Å²) in [7, 11) is 1.35. The van der Waals surface area contributed by atoms with Gasteiger partial charge in [0.15, 0.2) is 0 Å². The third kappa shape index (κ3) is 9.50. The number of hydrogen-bond acceptors (Lipinski definition) is 7. The van der Waals surface area contributed by atoms with Gasteiger partial charge in [-0.05, 0) is 27.2 Å². The summed E-state index contributed by atoms with van der Waals surface area (Å²) >= 11 is 0. The minimum atomic E-state index is -1.82. The lowest BCUT2D eigenvalue weighted by molar-refractivity contribution is -0.159. The predicted molar refractivity (Wildman–Crippen MR) is 85.8 cm³/mol. The van der Waals surface area contributed by atoms with Crippen molar-refractivity contribution in [2.45, 2.75) is 45.3 Å². The Balaban J connectivity index is 0.000000823. The van der Waals surface area contributed by atoms with Gasteiger partial charge in [0.1, 0.15) is 5.60 Å².